The lowest BCUT2D eigenvalue weighted by molar-refractivity contribution is -0.0111. The van der Waals surface area contributed by atoms with Crippen molar-refractivity contribution in [1.82, 2.24) is 15.1 Å². The van der Waals surface area contributed by atoms with E-state index in [0.29, 0.717) is 0 Å². The molecule has 22 heavy (non-hydrogen) atoms. The lowest BCUT2D eigenvalue weighted by atomic mass is 9.98. The van der Waals surface area contributed by atoms with E-state index in [1.165, 1.54) is 4.88 Å². The molecule has 0 bridgehead atoms. The molecular formula is C16H20N4OS. The Bertz CT molecular complexity index is 657. The number of hydrogen-bond donors (Lipinski definition) is 1. The van der Waals surface area contributed by atoms with E-state index in [9.17, 15) is 0 Å². The molecule has 1 saturated heterocycles. The molecule has 1 aliphatic heterocycles. The van der Waals surface area contributed by atoms with Crippen molar-refractivity contribution >= 4 is 11.3 Å². The second kappa shape index (κ2) is 7.05. The van der Waals surface area contributed by atoms with Crippen LogP contribution in [-0.2, 0) is 17.8 Å². The summed E-state index contributed by atoms with van der Waals surface area (Å²) in [5.74, 6) is 0. The second-order valence-corrected chi connectivity index (χ2v) is 6.60. The summed E-state index contributed by atoms with van der Waals surface area (Å²) in [5.41, 5.74) is 1.14. The summed E-state index contributed by atoms with van der Waals surface area (Å²) in [6, 6.07) is 6.37. The van der Waals surface area contributed by atoms with Gasteiger partial charge >= 0.3 is 0 Å². The van der Waals surface area contributed by atoms with E-state index >= 15 is 0 Å². The minimum absolute atomic E-state index is 0.0597. The molecule has 1 aliphatic rings. The van der Waals surface area contributed by atoms with Gasteiger partial charge < -0.3 is 10.1 Å². The second-order valence-electron chi connectivity index (χ2n) is 5.43. The Kier molecular flexibility index (Phi) is 4.88. The Morgan fingerprint density at radius 2 is 2.45 bits per heavy atom. The van der Waals surface area contributed by atoms with Crippen LogP contribution in [0.25, 0.3) is 0 Å². The van der Waals surface area contributed by atoms with Gasteiger partial charge in [-0.15, -0.1) is 11.3 Å². The Morgan fingerprint density at radius 1 is 1.55 bits per heavy atom. The van der Waals surface area contributed by atoms with Crippen molar-refractivity contribution in [2.24, 2.45) is 0 Å². The average Bonchev–Trinajstić information content (AvgIpc) is 3.22. The summed E-state index contributed by atoms with van der Waals surface area (Å²) in [6.07, 6.45) is 6.21. The molecule has 0 spiro atoms. The molecule has 0 radical (unpaired) electrons. The first-order valence-corrected chi connectivity index (χ1v) is 8.48. The topological polar surface area (TPSA) is 62.9 Å². The van der Waals surface area contributed by atoms with Crippen molar-refractivity contribution in [1.29, 1.82) is 5.26 Å². The predicted molar refractivity (Wildman–Crippen MR) is 85.5 cm³/mol. The van der Waals surface area contributed by atoms with E-state index < -0.39 is 0 Å². The fourth-order valence-corrected chi connectivity index (χ4v) is 3.54. The number of aryl methyl sites for hydroxylation is 1. The van der Waals surface area contributed by atoms with Gasteiger partial charge in [0.2, 0.25) is 0 Å². The first-order chi connectivity index (χ1) is 10.8. The number of ether oxygens (including phenoxy) is 1. The third-order valence-electron chi connectivity index (χ3n) is 3.94. The highest BCUT2D eigenvalue weighted by molar-refractivity contribution is 7.12. The van der Waals surface area contributed by atoms with Crippen LogP contribution in [0.15, 0.2) is 24.5 Å². The van der Waals surface area contributed by atoms with Crippen LogP contribution >= 0.6 is 11.3 Å². The Morgan fingerprint density at radius 3 is 3.18 bits per heavy atom. The van der Waals surface area contributed by atoms with E-state index in [1.807, 2.05) is 23.0 Å². The third-order valence-corrected chi connectivity index (χ3v) is 4.93. The number of nitrogens with one attached hydrogen (secondary N) is 1. The largest absolute Gasteiger partial charge is 0.372 e. The lowest BCUT2D eigenvalue weighted by Gasteiger charge is -2.31. The van der Waals surface area contributed by atoms with Crippen molar-refractivity contribution in [3.8, 4) is 6.07 Å². The highest BCUT2D eigenvalue weighted by Crippen LogP contribution is 2.28. The van der Waals surface area contributed by atoms with E-state index in [-0.39, 0.29) is 12.1 Å². The highest BCUT2D eigenvalue weighted by atomic mass is 32.1. The van der Waals surface area contributed by atoms with Gasteiger partial charge in [0.1, 0.15) is 17.1 Å². The van der Waals surface area contributed by atoms with E-state index in [0.717, 1.165) is 43.0 Å². The Labute approximate surface area is 134 Å². The molecule has 0 aromatic carbocycles. The maximum Gasteiger partial charge on any atom is 0.110 e. The van der Waals surface area contributed by atoms with Gasteiger partial charge in [0.25, 0.3) is 0 Å². The monoisotopic (exact) mass is 316 g/mol. The van der Waals surface area contributed by atoms with Crippen molar-refractivity contribution in [3.63, 3.8) is 0 Å². The average molecular weight is 316 g/mol. The summed E-state index contributed by atoms with van der Waals surface area (Å²) in [6.45, 7) is 4.53. The molecule has 0 saturated carbocycles. The summed E-state index contributed by atoms with van der Waals surface area (Å²) >= 11 is 1.55. The summed E-state index contributed by atoms with van der Waals surface area (Å²) in [4.78, 5) is 1.95. The van der Waals surface area contributed by atoms with Crippen LogP contribution in [0.3, 0.4) is 0 Å². The molecule has 2 aromatic rings. The SMILES string of the molecule is CCn1cc([C@H]2OCCC[C@@H]2NCc2ccc(C#N)s2)cn1. The van der Waals surface area contributed by atoms with Crippen LogP contribution in [0.4, 0.5) is 0 Å². The van der Waals surface area contributed by atoms with E-state index in [2.05, 4.69) is 29.6 Å². The van der Waals surface area contributed by atoms with Crippen molar-refractivity contribution < 1.29 is 4.74 Å². The third kappa shape index (κ3) is 3.38. The Hall–Kier alpha value is -1.68. The molecule has 2 aromatic heterocycles. The molecular weight excluding hydrogens is 296 g/mol. The van der Waals surface area contributed by atoms with Gasteiger partial charge in [0.15, 0.2) is 0 Å². The van der Waals surface area contributed by atoms with Crippen LogP contribution in [0.2, 0.25) is 0 Å². The number of nitriles is 1. The fourth-order valence-electron chi connectivity index (χ4n) is 2.78. The molecule has 6 heteroatoms. The fraction of sp³-hybridized carbons (Fsp3) is 0.500. The quantitative estimate of drug-likeness (QED) is 0.921. The molecule has 0 unspecified atom stereocenters. The van der Waals surface area contributed by atoms with Crippen LogP contribution < -0.4 is 5.32 Å². The van der Waals surface area contributed by atoms with Gasteiger partial charge in [0.05, 0.1) is 6.20 Å². The summed E-state index contributed by atoms with van der Waals surface area (Å²) in [5, 5.41) is 16.8. The zero-order chi connectivity index (χ0) is 15.4. The molecule has 1 N–H and O–H groups in total. The standard InChI is InChI=1S/C16H20N4OS/c1-2-20-11-12(9-19-20)16-15(4-3-7-21-16)18-10-14-6-5-13(8-17)22-14/h5-6,9,11,15-16,18H,2-4,7,10H2,1H3/t15-,16+/m0/s1. The molecule has 1 fully saturated rings. The molecule has 0 amide bonds. The number of rotatable bonds is 5. The number of aromatic nitrogens is 2. The van der Waals surface area contributed by atoms with E-state index in [1.54, 1.807) is 11.3 Å². The number of thiophene rings is 1. The first kappa shape index (κ1) is 15.2. The van der Waals surface area contributed by atoms with Crippen LogP contribution in [-0.4, -0.2) is 22.4 Å². The summed E-state index contributed by atoms with van der Waals surface area (Å²) < 4.78 is 7.92. The molecule has 5 nitrogen and oxygen atoms in total. The van der Waals surface area contributed by atoms with Crippen LogP contribution in [0, 0.1) is 11.3 Å². The minimum Gasteiger partial charge on any atom is -0.372 e. The predicted octanol–water partition coefficient (Wildman–Crippen LogP) is 2.85. The van der Waals surface area contributed by atoms with Crippen LogP contribution in [0.5, 0.6) is 0 Å². The van der Waals surface area contributed by atoms with Gasteiger partial charge in [-0.25, -0.2) is 0 Å². The van der Waals surface area contributed by atoms with Gasteiger partial charge in [-0.3, -0.25) is 4.68 Å². The molecule has 0 aliphatic carbocycles. The maximum absolute atomic E-state index is 8.90. The van der Waals surface area contributed by atoms with E-state index in [4.69, 9.17) is 10.00 Å². The first-order valence-electron chi connectivity index (χ1n) is 7.66. The zero-order valence-electron chi connectivity index (χ0n) is 12.7. The molecule has 2 atom stereocenters. The normalized spacial score (nSPS) is 21.6. The van der Waals surface area contributed by atoms with Gasteiger partial charge in [-0.05, 0) is 31.9 Å². The number of hydrogen-bond acceptors (Lipinski definition) is 5. The summed E-state index contributed by atoms with van der Waals surface area (Å²) in [7, 11) is 0. The minimum atomic E-state index is 0.0597. The van der Waals surface area contributed by atoms with Gasteiger partial charge in [-0.2, -0.15) is 10.4 Å². The van der Waals surface area contributed by atoms with Crippen molar-refractivity contribution in [3.05, 3.63) is 39.8 Å². The van der Waals surface area contributed by atoms with Gasteiger partial charge in [-0.1, -0.05) is 0 Å². The zero-order valence-corrected chi connectivity index (χ0v) is 13.5. The lowest BCUT2D eigenvalue weighted by Crippen LogP contribution is -2.38. The van der Waals surface area contributed by atoms with Crippen LogP contribution in [0.1, 0.15) is 41.2 Å². The van der Waals surface area contributed by atoms with Crippen molar-refractivity contribution in [2.45, 2.75) is 45.0 Å². The van der Waals surface area contributed by atoms with Crippen molar-refractivity contribution in [2.75, 3.05) is 6.61 Å². The van der Waals surface area contributed by atoms with Gasteiger partial charge in [0, 0.05) is 42.4 Å². The molecule has 116 valence electrons. The number of nitrogens with zero attached hydrogens (tertiary/aromatic N) is 3. The molecule has 3 heterocycles. The smallest absolute Gasteiger partial charge is 0.110 e. The molecule has 3 rings (SSSR count). The Balaban J connectivity index is 1.66. The maximum atomic E-state index is 8.90. The highest BCUT2D eigenvalue weighted by Gasteiger charge is 2.28.